The predicted octanol–water partition coefficient (Wildman–Crippen LogP) is 3.99. The smallest absolute Gasteiger partial charge is 0.256 e. The fourth-order valence-corrected chi connectivity index (χ4v) is 4.50. The molecule has 0 saturated heterocycles. The maximum absolute atomic E-state index is 13.0. The van der Waals surface area contributed by atoms with E-state index in [-0.39, 0.29) is 17.4 Å². The van der Waals surface area contributed by atoms with Crippen LogP contribution in [-0.2, 0) is 11.2 Å². The van der Waals surface area contributed by atoms with Gasteiger partial charge in [0.1, 0.15) is 0 Å². The monoisotopic (exact) mass is 427 g/mol. The second-order valence-corrected chi connectivity index (χ2v) is 9.19. The van der Waals surface area contributed by atoms with Crippen molar-refractivity contribution in [3.8, 4) is 11.3 Å². The van der Waals surface area contributed by atoms with E-state index < -0.39 is 0 Å². The molecule has 2 aliphatic rings. The Morgan fingerprint density at radius 2 is 1.94 bits per heavy atom. The molecule has 0 spiro atoms. The molecule has 0 unspecified atom stereocenters. The highest BCUT2D eigenvalue weighted by Gasteiger charge is 2.38. The molecule has 0 fully saturated rings. The third-order valence-corrected chi connectivity index (χ3v) is 6.69. The molecule has 2 N–H and O–H groups in total. The Balaban J connectivity index is 1.61. The molecule has 0 radical (unpaired) electrons. The number of rotatable bonds is 2. The molecule has 7 heteroatoms. The largest absolute Gasteiger partial charge is 0.358 e. The number of carbonyl (C=O) groups excluding carboxylic acids is 2. The van der Waals surface area contributed by atoms with Gasteiger partial charge in [-0.05, 0) is 57.0 Å². The Morgan fingerprint density at radius 1 is 1.16 bits per heavy atom. The molecule has 32 heavy (non-hydrogen) atoms. The van der Waals surface area contributed by atoms with Gasteiger partial charge in [-0.25, -0.2) is 0 Å². The van der Waals surface area contributed by atoms with Crippen molar-refractivity contribution in [3.05, 3.63) is 64.4 Å². The topological polar surface area (TPSA) is 91.0 Å². The second kappa shape index (κ2) is 6.88. The normalized spacial score (nSPS) is 18.0. The van der Waals surface area contributed by atoms with Crippen molar-refractivity contribution >= 4 is 29.2 Å². The lowest BCUT2D eigenvalue weighted by molar-refractivity contribution is -0.110. The van der Waals surface area contributed by atoms with Crippen LogP contribution in [0.4, 0.5) is 5.69 Å². The van der Waals surface area contributed by atoms with Gasteiger partial charge in [0.25, 0.3) is 11.8 Å². The Hall–Kier alpha value is -3.74. The van der Waals surface area contributed by atoms with E-state index in [1.54, 1.807) is 23.5 Å². The molecule has 2 amide bonds. The number of carbonyl (C=O) groups is 2. The van der Waals surface area contributed by atoms with Gasteiger partial charge < -0.3 is 15.2 Å². The maximum atomic E-state index is 13.0. The zero-order chi connectivity index (χ0) is 22.8. The summed E-state index contributed by atoms with van der Waals surface area (Å²) in [6.07, 6.45) is 7.78. The first kappa shape index (κ1) is 20.2. The van der Waals surface area contributed by atoms with Crippen LogP contribution in [0.1, 0.15) is 52.3 Å². The number of hydrogen-bond donors (Lipinski definition) is 2. The Bertz CT molecular complexity index is 1330. The molecule has 162 valence electrons. The maximum Gasteiger partial charge on any atom is 0.256 e. The van der Waals surface area contributed by atoms with Crippen LogP contribution in [0.5, 0.6) is 0 Å². The SMILES string of the molecule is Cc1ccncc1-c1cc2c(cn1)NC(=O)/C2=C\c1[nH]c2c(c1C)C(=O)N(C)C(C)(C)C2. The van der Waals surface area contributed by atoms with E-state index in [1.165, 1.54) is 0 Å². The van der Waals surface area contributed by atoms with E-state index in [0.717, 1.165) is 45.8 Å². The third kappa shape index (κ3) is 2.96. The molecule has 0 saturated carbocycles. The van der Waals surface area contributed by atoms with Crippen molar-refractivity contribution in [1.29, 1.82) is 0 Å². The number of hydrogen-bond acceptors (Lipinski definition) is 4. The first-order valence-corrected chi connectivity index (χ1v) is 10.6. The quantitative estimate of drug-likeness (QED) is 0.605. The molecular weight excluding hydrogens is 402 g/mol. The van der Waals surface area contributed by atoms with Gasteiger partial charge in [-0.2, -0.15) is 0 Å². The molecule has 2 aliphatic heterocycles. The van der Waals surface area contributed by atoms with Gasteiger partial charge in [-0.1, -0.05) is 0 Å². The average Bonchev–Trinajstić information content (AvgIpc) is 3.22. The van der Waals surface area contributed by atoms with E-state index in [1.807, 2.05) is 39.1 Å². The van der Waals surface area contributed by atoms with Gasteiger partial charge in [0, 0.05) is 53.9 Å². The minimum absolute atomic E-state index is 0.00413. The lowest BCUT2D eigenvalue weighted by Crippen LogP contribution is -2.50. The van der Waals surface area contributed by atoms with Crippen LogP contribution < -0.4 is 5.32 Å². The van der Waals surface area contributed by atoms with Crippen LogP contribution in [0.25, 0.3) is 22.9 Å². The first-order chi connectivity index (χ1) is 15.2. The minimum Gasteiger partial charge on any atom is -0.358 e. The number of aryl methyl sites for hydroxylation is 1. The first-order valence-electron chi connectivity index (χ1n) is 10.6. The van der Waals surface area contributed by atoms with Crippen LogP contribution in [0.3, 0.4) is 0 Å². The summed E-state index contributed by atoms with van der Waals surface area (Å²) >= 11 is 0. The summed E-state index contributed by atoms with van der Waals surface area (Å²) in [4.78, 5) is 39.7. The second-order valence-electron chi connectivity index (χ2n) is 9.19. The van der Waals surface area contributed by atoms with E-state index in [9.17, 15) is 9.59 Å². The molecule has 0 bridgehead atoms. The Kier molecular flexibility index (Phi) is 4.34. The predicted molar refractivity (Wildman–Crippen MR) is 124 cm³/mol. The number of H-pyrrole nitrogens is 1. The summed E-state index contributed by atoms with van der Waals surface area (Å²) in [5.74, 6) is -0.179. The highest BCUT2D eigenvalue weighted by molar-refractivity contribution is 6.35. The number of anilines is 1. The third-order valence-electron chi connectivity index (χ3n) is 6.69. The number of fused-ring (bicyclic) bond motifs is 2. The number of pyridine rings is 2. The van der Waals surface area contributed by atoms with Gasteiger partial charge >= 0.3 is 0 Å². The number of aromatic amines is 1. The summed E-state index contributed by atoms with van der Waals surface area (Å²) in [5.41, 5.74) is 7.76. The van der Waals surface area contributed by atoms with Crippen molar-refractivity contribution in [2.75, 3.05) is 12.4 Å². The standard InChI is InChI=1S/C25H25N5O2/c1-13-6-7-26-11-17(13)19-8-15-16(23(31)29-21(15)12-27-19)9-18-14(2)22-20(28-18)10-25(3,4)30(5)24(22)32/h6-9,11-12,28H,10H2,1-5H3,(H,29,31)/b16-9-. The van der Waals surface area contributed by atoms with E-state index in [2.05, 4.69) is 34.1 Å². The molecule has 3 aromatic heterocycles. The fourth-order valence-electron chi connectivity index (χ4n) is 4.50. The summed E-state index contributed by atoms with van der Waals surface area (Å²) in [6, 6.07) is 3.86. The van der Waals surface area contributed by atoms with Crippen molar-refractivity contribution < 1.29 is 9.59 Å². The van der Waals surface area contributed by atoms with Gasteiger partial charge in [0.05, 0.1) is 28.7 Å². The zero-order valence-electron chi connectivity index (χ0n) is 18.8. The summed E-state index contributed by atoms with van der Waals surface area (Å²) in [6.45, 7) is 8.04. The molecule has 5 rings (SSSR count). The fraction of sp³-hybridized carbons (Fsp3) is 0.280. The Morgan fingerprint density at radius 3 is 2.69 bits per heavy atom. The van der Waals surface area contributed by atoms with E-state index in [4.69, 9.17) is 0 Å². The van der Waals surface area contributed by atoms with Crippen LogP contribution in [0.15, 0.2) is 30.7 Å². The van der Waals surface area contributed by atoms with Crippen LogP contribution in [0.2, 0.25) is 0 Å². The van der Waals surface area contributed by atoms with Crippen molar-refractivity contribution in [1.82, 2.24) is 19.9 Å². The van der Waals surface area contributed by atoms with Gasteiger partial charge in [-0.15, -0.1) is 0 Å². The van der Waals surface area contributed by atoms with Crippen LogP contribution in [-0.4, -0.2) is 44.3 Å². The number of likely N-dealkylation sites (N-methyl/N-ethyl adjacent to an activating group) is 1. The average molecular weight is 428 g/mol. The summed E-state index contributed by atoms with van der Waals surface area (Å²) in [7, 11) is 1.84. The van der Waals surface area contributed by atoms with E-state index in [0.29, 0.717) is 16.8 Å². The number of aromatic nitrogens is 3. The molecule has 5 heterocycles. The number of amides is 2. The van der Waals surface area contributed by atoms with Gasteiger partial charge in [-0.3, -0.25) is 19.6 Å². The van der Waals surface area contributed by atoms with Gasteiger partial charge in [0.15, 0.2) is 0 Å². The lowest BCUT2D eigenvalue weighted by atomic mass is 9.88. The van der Waals surface area contributed by atoms with Crippen molar-refractivity contribution in [3.63, 3.8) is 0 Å². The molecule has 3 aromatic rings. The lowest BCUT2D eigenvalue weighted by Gasteiger charge is -2.39. The number of nitrogens with one attached hydrogen (secondary N) is 2. The molecule has 0 atom stereocenters. The van der Waals surface area contributed by atoms with E-state index >= 15 is 0 Å². The van der Waals surface area contributed by atoms with Crippen molar-refractivity contribution in [2.45, 2.75) is 39.7 Å². The van der Waals surface area contributed by atoms with Crippen LogP contribution >= 0.6 is 0 Å². The molecular formula is C25H25N5O2. The van der Waals surface area contributed by atoms with Crippen molar-refractivity contribution in [2.24, 2.45) is 0 Å². The minimum atomic E-state index is -0.273. The van der Waals surface area contributed by atoms with Gasteiger partial charge in [0.2, 0.25) is 0 Å². The summed E-state index contributed by atoms with van der Waals surface area (Å²) in [5, 5.41) is 2.90. The number of nitrogens with zero attached hydrogens (tertiary/aromatic N) is 3. The molecule has 0 aliphatic carbocycles. The summed E-state index contributed by atoms with van der Waals surface area (Å²) < 4.78 is 0. The highest BCUT2D eigenvalue weighted by atomic mass is 16.2. The molecule has 0 aromatic carbocycles. The molecule has 7 nitrogen and oxygen atoms in total. The van der Waals surface area contributed by atoms with Crippen LogP contribution in [0, 0.1) is 13.8 Å². The highest BCUT2D eigenvalue weighted by Crippen LogP contribution is 2.38. The Labute approximate surface area is 186 Å². The zero-order valence-corrected chi connectivity index (χ0v) is 18.8.